The van der Waals surface area contributed by atoms with Crippen LogP contribution in [0.1, 0.15) is 39.9 Å². The van der Waals surface area contributed by atoms with Gasteiger partial charge in [-0.25, -0.2) is 4.98 Å². The van der Waals surface area contributed by atoms with Gasteiger partial charge < -0.3 is 0 Å². The van der Waals surface area contributed by atoms with Gasteiger partial charge >= 0.3 is 0 Å². The Kier molecular flexibility index (Phi) is 4.78. The minimum absolute atomic E-state index is 0.0968. The Morgan fingerprint density at radius 3 is 2.42 bits per heavy atom. The molecule has 126 valence electrons. The van der Waals surface area contributed by atoms with Crippen molar-refractivity contribution in [3.63, 3.8) is 0 Å². The van der Waals surface area contributed by atoms with Crippen molar-refractivity contribution >= 4 is 28.1 Å². The fraction of sp³-hybridized carbons (Fsp3) is 0.389. The quantitative estimate of drug-likeness (QED) is 0.654. The summed E-state index contributed by atoms with van der Waals surface area (Å²) in [5, 5.41) is 5.23. The Hall–Kier alpha value is -1.66. The van der Waals surface area contributed by atoms with Crippen LogP contribution in [-0.2, 0) is 12.2 Å². The van der Waals surface area contributed by atoms with Gasteiger partial charge in [0, 0.05) is 16.7 Å². The fourth-order valence-electron chi connectivity index (χ4n) is 2.66. The van der Waals surface area contributed by atoms with E-state index in [4.69, 9.17) is 0 Å². The van der Waals surface area contributed by atoms with Crippen LogP contribution < -0.4 is 5.56 Å². The van der Waals surface area contributed by atoms with E-state index in [2.05, 4.69) is 43.8 Å². The highest BCUT2D eigenvalue weighted by molar-refractivity contribution is 7.98. The summed E-state index contributed by atoms with van der Waals surface area (Å²) in [6, 6.07) is 3.83. The van der Waals surface area contributed by atoms with E-state index in [1.54, 1.807) is 17.8 Å². The van der Waals surface area contributed by atoms with Gasteiger partial charge in [-0.05, 0) is 56.4 Å². The van der Waals surface area contributed by atoms with Crippen LogP contribution >= 0.6 is 23.1 Å². The number of rotatable bonds is 4. The molecule has 0 N–H and O–H groups in total. The monoisotopic (exact) mass is 359 g/mol. The number of nitrogens with zero attached hydrogens (tertiary/aromatic N) is 3. The van der Waals surface area contributed by atoms with Gasteiger partial charge in [0.05, 0.1) is 5.69 Å². The first kappa shape index (κ1) is 17.2. The van der Waals surface area contributed by atoms with Crippen LogP contribution in [0.2, 0.25) is 0 Å². The molecule has 1 aromatic carbocycles. The Morgan fingerprint density at radius 2 is 1.79 bits per heavy atom. The molecule has 2 aromatic heterocycles. The molecule has 0 bridgehead atoms. The second-order valence-electron chi connectivity index (χ2n) is 6.01. The molecule has 0 atom stereocenters. The third kappa shape index (κ3) is 3.13. The van der Waals surface area contributed by atoms with Crippen molar-refractivity contribution in [2.45, 2.75) is 51.7 Å². The molecular weight excluding hydrogens is 338 g/mol. The first-order valence-corrected chi connectivity index (χ1v) is 9.79. The smallest absolute Gasteiger partial charge is 0.267 e. The molecule has 0 spiro atoms. The largest absolute Gasteiger partial charge is 0.275 e. The number of fused-ring (bicyclic) bond motifs is 1. The molecule has 6 heteroatoms. The molecule has 0 saturated heterocycles. The molecule has 0 amide bonds. The summed E-state index contributed by atoms with van der Waals surface area (Å²) in [6.45, 7) is 10.6. The zero-order valence-corrected chi connectivity index (χ0v) is 16.3. The van der Waals surface area contributed by atoms with E-state index in [1.165, 1.54) is 43.0 Å². The molecule has 3 rings (SSSR count). The predicted octanol–water partition coefficient (Wildman–Crippen LogP) is 4.24. The number of thioether (sulfide) groups is 1. The summed E-state index contributed by atoms with van der Waals surface area (Å²) < 4.78 is 1.41. The van der Waals surface area contributed by atoms with Crippen molar-refractivity contribution in [1.29, 1.82) is 0 Å². The summed E-state index contributed by atoms with van der Waals surface area (Å²) in [6.07, 6.45) is 0.818. The minimum atomic E-state index is -0.0968. The zero-order valence-electron chi connectivity index (χ0n) is 14.6. The van der Waals surface area contributed by atoms with E-state index in [0.29, 0.717) is 10.7 Å². The third-order valence-electron chi connectivity index (χ3n) is 4.30. The Bertz CT molecular complexity index is 946. The number of aromatic nitrogens is 3. The average molecular weight is 360 g/mol. The van der Waals surface area contributed by atoms with Crippen LogP contribution in [0.5, 0.6) is 0 Å². The zero-order chi connectivity index (χ0) is 17.4. The van der Waals surface area contributed by atoms with Gasteiger partial charge in [0.25, 0.3) is 5.56 Å². The Labute approximate surface area is 150 Å². The van der Waals surface area contributed by atoms with Crippen LogP contribution in [0.3, 0.4) is 0 Å². The van der Waals surface area contributed by atoms with Crippen LogP contribution in [0.25, 0.3) is 4.96 Å². The minimum Gasteiger partial charge on any atom is -0.267 e. The summed E-state index contributed by atoms with van der Waals surface area (Å²) in [5.41, 5.74) is 5.95. The normalized spacial score (nSPS) is 11.4. The maximum atomic E-state index is 12.2. The predicted molar refractivity (Wildman–Crippen MR) is 101 cm³/mol. The van der Waals surface area contributed by atoms with Crippen LogP contribution in [0.15, 0.2) is 21.8 Å². The fourth-order valence-corrected chi connectivity index (χ4v) is 4.71. The highest BCUT2D eigenvalue weighted by Crippen LogP contribution is 2.32. The molecule has 24 heavy (non-hydrogen) atoms. The van der Waals surface area contributed by atoms with E-state index in [1.807, 2.05) is 6.92 Å². The standard InChI is InChI=1S/C18H21N3OS2/c1-6-15-20-21-16(22)8-14(19-18(21)24-15)9-23-17-12(4)10(2)7-11(3)13(17)5/h7-8H,6,9H2,1-5H3. The van der Waals surface area contributed by atoms with Crippen LogP contribution in [0, 0.1) is 27.7 Å². The lowest BCUT2D eigenvalue weighted by Crippen LogP contribution is -2.15. The number of benzene rings is 1. The van der Waals surface area contributed by atoms with Crippen molar-refractivity contribution in [1.82, 2.24) is 14.6 Å². The maximum absolute atomic E-state index is 12.2. The van der Waals surface area contributed by atoms with Gasteiger partial charge in [-0.1, -0.05) is 24.3 Å². The molecule has 2 heterocycles. The molecule has 0 fully saturated rings. The van der Waals surface area contributed by atoms with Gasteiger partial charge in [0.1, 0.15) is 5.01 Å². The van der Waals surface area contributed by atoms with E-state index >= 15 is 0 Å². The first-order valence-electron chi connectivity index (χ1n) is 7.99. The summed E-state index contributed by atoms with van der Waals surface area (Å²) in [5.74, 6) is 0.690. The lowest BCUT2D eigenvalue weighted by molar-refractivity contribution is 0.852. The van der Waals surface area contributed by atoms with E-state index in [0.717, 1.165) is 17.1 Å². The Balaban J connectivity index is 1.93. The molecule has 0 aliphatic carbocycles. The molecule has 4 nitrogen and oxygen atoms in total. The Morgan fingerprint density at radius 1 is 1.12 bits per heavy atom. The van der Waals surface area contributed by atoms with E-state index in [-0.39, 0.29) is 5.56 Å². The summed E-state index contributed by atoms with van der Waals surface area (Å²) in [4.78, 5) is 18.8. The van der Waals surface area contributed by atoms with Crippen LogP contribution in [-0.4, -0.2) is 14.6 Å². The molecule has 0 radical (unpaired) electrons. The first-order chi connectivity index (χ1) is 11.4. The molecule has 0 saturated carbocycles. The van der Waals surface area contributed by atoms with Crippen molar-refractivity contribution in [3.8, 4) is 0 Å². The van der Waals surface area contributed by atoms with Crippen molar-refractivity contribution < 1.29 is 0 Å². The second-order valence-corrected chi connectivity index (χ2v) is 8.03. The lowest BCUT2D eigenvalue weighted by Gasteiger charge is -2.14. The lowest BCUT2D eigenvalue weighted by atomic mass is 10.0. The molecule has 3 aromatic rings. The average Bonchev–Trinajstić information content (AvgIpc) is 2.97. The molecule has 0 aliphatic rings. The highest BCUT2D eigenvalue weighted by atomic mass is 32.2. The van der Waals surface area contributed by atoms with Gasteiger partial charge in [0.2, 0.25) is 4.96 Å². The molecular formula is C18H21N3OS2. The van der Waals surface area contributed by atoms with Gasteiger partial charge in [0.15, 0.2) is 0 Å². The van der Waals surface area contributed by atoms with Crippen molar-refractivity contribution in [2.24, 2.45) is 0 Å². The highest BCUT2D eigenvalue weighted by Gasteiger charge is 2.12. The summed E-state index contributed by atoms with van der Waals surface area (Å²) >= 11 is 3.25. The number of hydrogen-bond donors (Lipinski definition) is 0. The van der Waals surface area contributed by atoms with Gasteiger partial charge in [-0.2, -0.15) is 9.61 Å². The SMILES string of the molecule is CCc1nn2c(=O)cc(CSc3c(C)c(C)cc(C)c3C)nc2s1. The summed E-state index contributed by atoms with van der Waals surface area (Å²) in [7, 11) is 0. The maximum Gasteiger partial charge on any atom is 0.275 e. The number of hydrogen-bond acceptors (Lipinski definition) is 5. The van der Waals surface area contributed by atoms with Gasteiger partial charge in [-0.15, -0.1) is 11.8 Å². The van der Waals surface area contributed by atoms with Gasteiger partial charge in [-0.3, -0.25) is 4.79 Å². The second kappa shape index (κ2) is 6.69. The molecule has 0 unspecified atom stereocenters. The van der Waals surface area contributed by atoms with Crippen LogP contribution in [0.4, 0.5) is 0 Å². The van der Waals surface area contributed by atoms with Crippen molar-refractivity contribution in [3.05, 3.63) is 55.4 Å². The van der Waals surface area contributed by atoms with E-state index in [9.17, 15) is 4.79 Å². The van der Waals surface area contributed by atoms with Crippen molar-refractivity contribution in [2.75, 3.05) is 0 Å². The topological polar surface area (TPSA) is 47.3 Å². The van der Waals surface area contributed by atoms with E-state index < -0.39 is 0 Å². The molecule has 0 aliphatic heterocycles. The third-order valence-corrected chi connectivity index (χ3v) is 6.70. The number of aryl methyl sites for hydroxylation is 3.